The van der Waals surface area contributed by atoms with E-state index in [4.69, 9.17) is 11.6 Å². The second-order valence-corrected chi connectivity index (χ2v) is 5.96. The normalized spacial score (nSPS) is 10.7. The van der Waals surface area contributed by atoms with Crippen molar-refractivity contribution in [3.05, 3.63) is 80.3 Å². The molecular formula is C19H13ClFN5O. The zero-order chi connectivity index (χ0) is 19.4. The molecule has 134 valence electrons. The van der Waals surface area contributed by atoms with E-state index in [1.807, 2.05) is 12.1 Å². The summed E-state index contributed by atoms with van der Waals surface area (Å²) in [4.78, 5) is 18.8. The first kappa shape index (κ1) is 18.3. The Morgan fingerprint density at radius 1 is 1.30 bits per heavy atom. The summed E-state index contributed by atoms with van der Waals surface area (Å²) in [5.74, 6) is -0.513. The smallest absolute Gasteiger partial charge is 0.270 e. The van der Waals surface area contributed by atoms with Crippen LogP contribution < -0.4 is 11.0 Å². The van der Waals surface area contributed by atoms with Gasteiger partial charge in [0, 0.05) is 11.1 Å². The minimum absolute atomic E-state index is 0.0123. The number of hydrogen-bond donors (Lipinski definition) is 2. The third-order valence-electron chi connectivity index (χ3n) is 3.76. The molecule has 0 bridgehead atoms. The van der Waals surface area contributed by atoms with Crippen molar-refractivity contribution in [3.63, 3.8) is 0 Å². The van der Waals surface area contributed by atoms with Crippen molar-refractivity contribution in [2.75, 3.05) is 5.43 Å². The largest absolute Gasteiger partial charge is 0.290 e. The predicted molar refractivity (Wildman–Crippen MR) is 102 cm³/mol. The highest BCUT2D eigenvalue weighted by Crippen LogP contribution is 2.22. The third-order valence-corrected chi connectivity index (χ3v) is 4.26. The van der Waals surface area contributed by atoms with Crippen LogP contribution in [0, 0.1) is 24.1 Å². The first-order chi connectivity index (χ1) is 13.0. The second kappa shape index (κ2) is 7.81. The van der Waals surface area contributed by atoms with Gasteiger partial charge < -0.3 is 0 Å². The zero-order valence-corrected chi connectivity index (χ0v) is 14.9. The van der Waals surface area contributed by atoms with Gasteiger partial charge in [-0.2, -0.15) is 10.4 Å². The van der Waals surface area contributed by atoms with E-state index in [-0.39, 0.29) is 27.8 Å². The molecule has 8 heteroatoms. The number of halogens is 2. The first-order valence-corrected chi connectivity index (χ1v) is 8.22. The van der Waals surface area contributed by atoms with Crippen LogP contribution in [0.1, 0.15) is 16.7 Å². The van der Waals surface area contributed by atoms with E-state index in [0.717, 1.165) is 0 Å². The molecule has 6 nitrogen and oxygen atoms in total. The Labute approximate surface area is 159 Å². The fraction of sp³-hybridized carbons (Fsp3) is 0.0526. The van der Waals surface area contributed by atoms with Crippen molar-refractivity contribution in [2.45, 2.75) is 6.92 Å². The summed E-state index contributed by atoms with van der Waals surface area (Å²) in [6, 6.07) is 13.5. The minimum Gasteiger partial charge on any atom is -0.290 e. The van der Waals surface area contributed by atoms with Gasteiger partial charge in [-0.05, 0) is 18.6 Å². The molecule has 0 saturated heterocycles. The molecule has 0 aliphatic rings. The molecule has 0 aliphatic heterocycles. The minimum atomic E-state index is -0.608. The topological polar surface area (TPSA) is 93.9 Å². The number of rotatable bonds is 4. The van der Waals surface area contributed by atoms with Gasteiger partial charge in [0.2, 0.25) is 5.95 Å². The number of benzene rings is 2. The van der Waals surface area contributed by atoms with Gasteiger partial charge in [-0.25, -0.2) is 14.8 Å². The second-order valence-electron chi connectivity index (χ2n) is 5.58. The molecule has 3 rings (SSSR count). The Bertz CT molecular complexity index is 1120. The number of H-pyrrole nitrogens is 1. The highest BCUT2D eigenvalue weighted by atomic mass is 35.5. The maximum Gasteiger partial charge on any atom is 0.270 e. The van der Waals surface area contributed by atoms with E-state index in [1.165, 1.54) is 12.3 Å². The van der Waals surface area contributed by atoms with E-state index in [2.05, 4.69) is 20.5 Å². The molecule has 2 aromatic carbocycles. The molecule has 0 aliphatic carbocycles. The Hall–Kier alpha value is -3.50. The van der Waals surface area contributed by atoms with E-state index in [9.17, 15) is 14.4 Å². The van der Waals surface area contributed by atoms with Gasteiger partial charge in [0.1, 0.15) is 17.4 Å². The van der Waals surface area contributed by atoms with E-state index < -0.39 is 11.4 Å². The van der Waals surface area contributed by atoms with Crippen LogP contribution in [0.25, 0.3) is 11.3 Å². The molecule has 1 aromatic heterocycles. The number of nitrogens with zero attached hydrogens (tertiary/aromatic N) is 3. The average molecular weight is 382 g/mol. The van der Waals surface area contributed by atoms with E-state index >= 15 is 0 Å². The van der Waals surface area contributed by atoms with Gasteiger partial charge in [-0.1, -0.05) is 48.0 Å². The van der Waals surface area contributed by atoms with Gasteiger partial charge in [-0.15, -0.1) is 0 Å². The molecule has 0 unspecified atom stereocenters. The predicted octanol–water partition coefficient (Wildman–Crippen LogP) is 3.86. The van der Waals surface area contributed by atoms with Gasteiger partial charge in [0.05, 0.1) is 16.9 Å². The van der Waals surface area contributed by atoms with Crippen molar-refractivity contribution >= 4 is 23.8 Å². The average Bonchev–Trinajstić information content (AvgIpc) is 2.68. The molecule has 0 radical (unpaired) electrons. The first-order valence-electron chi connectivity index (χ1n) is 7.84. The Morgan fingerprint density at radius 3 is 2.74 bits per heavy atom. The number of nitrogens with one attached hydrogen (secondary N) is 2. The molecule has 0 amide bonds. The summed E-state index contributed by atoms with van der Waals surface area (Å²) in [7, 11) is 0. The van der Waals surface area contributed by atoms with Crippen molar-refractivity contribution in [1.29, 1.82) is 5.26 Å². The van der Waals surface area contributed by atoms with Crippen LogP contribution >= 0.6 is 11.6 Å². The maximum absolute atomic E-state index is 13.9. The van der Waals surface area contributed by atoms with Crippen molar-refractivity contribution < 1.29 is 4.39 Å². The molecule has 2 N–H and O–H groups in total. The molecule has 0 fully saturated rings. The Balaban J connectivity index is 1.95. The van der Waals surface area contributed by atoms with E-state index in [1.54, 1.807) is 37.3 Å². The van der Waals surface area contributed by atoms with Crippen molar-refractivity contribution in [3.8, 4) is 17.3 Å². The fourth-order valence-corrected chi connectivity index (χ4v) is 2.59. The van der Waals surface area contributed by atoms with Crippen LogP contribution in [0.2, 0.25) is 5.02 Å². The van der Waals surface area contributed by atoms with Crippen LogP contribution in [0.15, 0.2) is 52.4 Å². The van der Waals surface area contributed by atoms with Gasteiger partial charge in [0.25, 0.3) is 5.56 Å². The number of aryl methyl sites for hydroxylation is 1. The summed E-state index contributed by atoms with van der Waals surface area (Å²) in [6.45, 7) is 1.75. The SMILES string of the molecule is Cc1ccc(F)c(C=NNc2nc(-c3ccccc3)c(C#N)c(=O)[nH]2)c1Cl. The molecule has 3 aromatic rings. The standard InChI is InChI=1S/C19H13ClFN5O/c1-11-7-8-15(21)14(16(11)20)10-23-26-19-24-17(12-5-3-2-4-6-12)13(9-22)18(27)25-19/h2-8,10H,1H3,(H2,24,25,26,27). The summed E-state index contributed by atoms with van der Waals surface area (Å²) < 4.78 is 13.9. The highest BCUT2D eigenvalue weighted by Gasteiger charge is 2.13. The molecule has 0 atom stereocenters. The molecule has 27 heavy (non-hydrogen) atoms. The fourth-order valence-electron chi connectivity index (χ4n) is 2.39. The Morgan fingerprint density at radius 2 is 2.04 bits per heavy atom. The van der Waals surface area contributed by atoms with Crippen LogP contribution in [-0.2, 0) is 0 Å². The quantitative estimate of drug-likeness (QED) is 0.530. The Kier molecular flexibility index (Phi) is 5.29. The lowest BCUT2D eigenvalue weighted by atomic mass is 10.1. The lowest BCUT2D eigenvalue weighted by Crippen LogP contribution is -2.16. The van der Waals surface area contributed by atoms with Crippen LogP contribution in [0.4, 0.5) is 10.3 Å². The third kappa shape index (κ3) is 3.86. The lowest BCUT2D eigenvalue weighted by Gasteiger charge is -2.06. The van der Waals surface area contributed by atoms with Gasteiger partial charge in [0.15, 0.2) is 0 Å². The number of aromatic amines is 1. The summed E-state index contributed by atoms with van der Waals surface area (Å²) in [5, 5.41) is 13.4. The molecule has 0 spiro atoms. The summed E-state index contributed by atoms with van der Waals surface area (Å²) in [6.07, 6.45) is 1.20. The van der Waals surface area contributed by atoms with Gasteiger partial charge in [-0.3, -0.25) is 9.78 Å². The molecular weight excluding hydrogens is 369 g/mol. The number of nitriles is 1. The van der Waals surface area contributed by atoms with Crippen LogP contribution in [0.3, 0.4) is 0 Å². The number of anilines is 1. The lowest BCUT2D eigenvalue weighted by molar-refractivity contribution is 0.625. The van der Waals surface area contributed by atoms with Crippen molar-refractivity contribution in [2.24, 2.45) is 5.10 Å². The monoisotopic (exact) mass is 381 g/mol. The number of hydrogen-bond acceptors (Lipinski definition) is 5. The van der Waals surface area contributed by atoms with Crippen molar-refractivity contribution in [1.82, 2.24) is 9.97 Å². The number of aromatic nitrogens is 2. The van der Waals surface area contributed by atoms with Gasteiger partial charge >= 0.3 is 0 Å². The molecule has 0 saturated carbocycles. The maximum atomic E-state index is 13.9. The summed E-state index contributed by atoms with van der Waals surface area (Å²) >= 11 is 6.08. The molecule has 1 heterocycles. The van der Waals surface area contributed by atoms with Crippen LogP contribution in [0.5, 0.6) is 0 Å². The van der Waals surface area contributed by atoms with Crippen LogP contribution in [-0.4, -0.2) is 16.2 Å². The zero-order valence-electron chi connectivity index (χ0n) is 14.1. The summed E-state index contributed by atoms with van der Waals surface area (Å²) in [5.41, 5.74) is 3.47. The van der Waals surface area contributed by atoms with E-state index in [0.29, 0.717) is 11.1 Å². The highest BCUT2D eigenvalue weighted by molar-refractivity contribution is 6.33. The number of hydrazone groups is 1.